The van der Waals surface area contributed by atoms with Crippen molar-refractivity contribution in [1.82, 2.24) is 20.1 Å². The Balaban J connectivity index is 2.19. The van der Waals surface area contributed by atoms with Gasteiger partial charge in [-0.05, 0) is 52.7 Å². The molecule has 0 aliphatic heterocycles. The van der Waals surface area contributed by atoms with E-state index in [4.69, 9.17) is 9.40 Å². The molecule has 1 amide bonds. The Labute approximate surface area is 160 Å². The van der Waals surface area contributed by atoms with Crippen LogP contribution in [-0.2, 0) is 0 Å². The lowest BCUT2D eigenvalue weighted by Gasteiger charge is -2.16. The van der Waals surface area contributed by atoms with Gasteiger partial charge in [0.1, 0.15) is 11.5 Å². The largest absolute Gasteiger partial charge is 0.466 e. The van der Waals surface area contributed by atoms with Crippen LogP contribution in [0.4, 0.5) is 0 Å². The van der Waals surface area contributed by atoms with Gasteiger partial charge in [0.2, 0.25) is 0 Å². The van der Waals surface area contributed by atoms with Crippen LogP contribution in [-0.4, -0.2) is 26.7 Å². The van der Waals surface area contributed by atoms with E-state index in [1.54, 1.807) is 6.20 Å². The number of hydrogen-bond donors (Lipinski definition) is 1. The van der Waals surface area contributed by atoms with E-state index in [1.807, 2.05) is 30.7 Å². The van der Waals surface area contributed by atoms with Crippen LogP contribution >= 0.6 is 0 Å². The maximum atomic E-state index is 13.0. The maximum absolute atomic E-state index is 13.0. The molecule has 0 bridgehead atoms. The lowest BCUT2D eigenvalue weighted by atomic mass is 10.1. The fourth-order valence-electron chi connectivity index (χ4n) is 3.36. The molecule has 144 valence electrons. The Hall–Kier alpha value is -2.63. The number of rotatable bonds is 6. The Morgan fingerprint density at radius 1 is 1.22 bits per heavy atom. The average Bonchev–Trinajstić information content (AvgIpc) is 3.21. The summed E-state index contributed by atoms with van der Waals surface area (Å²) in [6.45, 7) is 12.1. The van der Waals surface area contributed by atoms with Crippen molar-refractivity contribution in [2.75, 3.05) is 0 Å². The van der Waals surface area contributed by atoms with Crippen molar-refractivity contribution in [2.45, 2.75) is 66.5 Å². The topological polar surface area (TPSA) is 73.0 Å². The number of amides is 1. The number of hydrogen-bond acceptors (Lipinski definition) is 4. The number of pyridine rings is 1. The normalized spacial score (nSPS) is 11.7. The third-order valence-electron chi connectivity index (χ3n) is 4.94. The number of nitrogens with zero attached hydrogens (tertiary/aromatic N) is 3. The van der Waals surface area contributed by atoms with Gasteiger partial charge >= 0.3 is 0 Å². The Morgan fingerprint density at radius 2 is 1.93 bits per heavy atom. The average molecular weight is 368 g/mol. The molecule has 0 aliphatic rings. The number of aryl methyl sites for hydroxylation is 2. The molecule has 1 N–H and O–H groups in total. The zero-order valence-electron chi connectivity index (χ0n) is 17.0. The van der Waals surface area contributed by atoms with Gasteiger partial charge in [-0.3, -0.25) is 4.79 Å². The summed E-state index contributed by atoms with van der Waals surface area (Å²) in [6.07, 6.45) is 3.53. The molecule has 0 saturated carbocycles. The van der Waals surface area contributed by atoms with Gasteiger partial charge in [0, 0.05) is 17.6 Å². The summed E-state index contributed by atoms with van der Waals surface area (Å²) in [6, 6.07) is 4.11. The van der Waals surface area contributed by atoms with Gasteiger partial charge in [-0.15, -0.1) is 0 Å². The summed E-state index contributed by atoms with van der Waals surface area (Å²) >= 11 is 0. The van der Waals surface area contributed by atoms with Crippen molar-refractivity contribution in [3.63, 3.8) is 0 Å². The zero-order valence-corrected chi connectivity index (χ0v) is 17.0. The van der Waals surface area contributed by atoms with Crippen LogP contribution in [0.2, 0.25) is 0 Å². The van der Waals surface area contributed by atoms with E-state index in [9.17, 15) is 4.79 Å². The molecule has 0 fully saturated rings. The highest BCUT2D eigenvalue weighted by Crippen LogP contribution is 2.30. The zero-order chi connectivity index (χ0) is 19.7. The van der Waals surface area contributed by atoms with Crippen molar-refractivity contribution in [1.29, 1.82) is 0 Å². The van der Waals surface area contributed by atoms with E-state index in [-0.39, 0.29) is 18.0 Å². The fraction of sp³-hybridized carbons (Fsp3) is 0.476. The van der Waals surface area contributed by atoms with Gasteiger partial charge in [0.05, 0.1) is 22.8 Å². The van der Waals surface area contributed by atoms with E-state index in [0.717, 1.165) is 46.7 Å². The highest BCUT2D eigenvalue weighted by atomic mass is 16.3. The summed E-state index contributed by atoms with van der Waals surface area (Å²) in [5.74, 6) is 1.53. The molecular weight excluding hydrogens is 340 g/mol. The lowest BCUT2D eigenvalue weighted by Crippen LogP contribution is -2.34. The second-order valence-electron chi connectivity index (χ2n) is 7.29. The monoisotopic (exact) mass is 368 g/mol. The molecular formula is C21H28N4O2. The highest BCUT2D eigenvalue weighted by Gasteiger charge is 2.21. The Kier molecular flexibility index (Phi) is 5.35. The quantitative estimate of drug-likeness (QED) is 0.678. The third-order valence-corrected chi connectivity index (χ3v) is 4.94. The van der Waals surface area contributed by atoms with Crippen LogP contribution < -0.4 is 5.32 Å². The molecule has 6 heteroatoms. The van der Waals surface area contributed by atoms with Crippen molar-refractivity contribution in [3.8, 4) is 11.3 Å². The Morgan fingerprint density at radius 3 is 2.48 bits per heavy atom. The van der Waals surface area contributed by atoms with Gasteiger partial charge in [0.25, 0.3) is 5.91 Å². The van der Waals surface area contributed by atoms with E-state index in [0.29, 0.717) is 5.56 Å². The smallest absolute Gasteiger partial charge is 0.252 e. The number of furan rings is 1. The summed E-state index contributed by atoms with van der Waals surface area (Å²) in [4.78, 5) is 17.9. The Bertz CT molecular complexity index is 964. The summed E-state index contributed by atoms with van der Waals surface area (Å²) in [5.41, 5.74) is 2.96. The van der Waals surface area contributed by atoms with Crippen LogP contribution in [0.1, 0.15) is 68.5 Å². The number of carbonyl (C=O) groups is 1. The van der Waals surface area contributed by atoms with Gasteiger partial charge < -0.3 is 9.73 Å². The second kappa shape index (κ2) is 7.55. The number of fused-ring (bicyclic) bond motifs is 1. The molecule has 3 heterocycles. The molecule has 3 aromatic rings. The predicted octanol–water partition coefficient (Wildman–Crippen LogP) is 4.81. The molecule has 6 nitrogen and oxygen atoms in total. The van der Waals surface area contributed by atoms with E-state index in [1.165, 1.54) is 0 Å². The first-order valence-corrected chi connectivity index (χ1v) is 9.62. The summed E-state index contributed by atoms with van der Waals surface area (Å²) in [7, 11) is 0. The number of nitrogens with one attached hydrogen (secondary N) is 1. The van der Waals surface area contributed by atoms with Gasteiger partial charge in [0.15, 0.2) is 5.65 Å². The molecule has 3 rings (SSSR count). The van der Waals surface area contributed by atoms with Gasteiger partial charge in [-0.2, -0.15) is 5.10 Å². The van der Waals surface area contributed by atoms with Crippen LogP contribution in [0, 0.1) is 13.8 Å². The minimum atomic E-state index is -0.0847. The first kappa shape index (κ1) is 19.1. The molecule has 0 saturated heterocycles. The van der Waals surface area contributed by atoms with E-state index < -0.39 is 0 Å². The molecule has 3 aromatic heterocycles. The molecule has 0 atom stereocenters. The third kappa shape index (κ3) is 3.61. The summed E-state index contributed by atoms with van der Waals surface area (Å²) in [5, 5.41) is 8.38. The van der Waals surface area contributed by atoms with E-state index in [2.05, 4.69) is 38.1 Å². The molecule has 0 unspecified atom stereocenters. The van der Waals surface area contributed by atoms with Crippen molar-refractivity contribution >= 4 is 16.9 Å². The molecule has 27 heavy (non-hydrogen) atoms. The molecule has 0 radical (unpaired) electrons. The molecule has 0 spiro atoms. The standard InChI is InChI=1S/C21H28N4O2/c1-7-15(8-2)23-21(26)17-10-19(16-9-13(5)27-14(16)6)24-20-18(17)11-22-25(20)12(3)4/h9-12,15H,7-8H2,1-6H3,(H,23,26). The van der Waals surface area contributed by atoms with Crippen LogP contribution in [0.5, 0.6) is 0 Å². The van der Waals surface area contributed by atoms with Crippen LogP contribution in [0.15, 0.2) is 22.7 Å². The lowest BCUT2D eigenvalue weighted by molar-refractivity contribution is 0.0936. The minimum absolute atomic E-state index is 0.0847. The second-order valence-corrected chi connectivity index (χ2v) is 7.29. The fourth-order valence-corrected chi connectivity index (χ4v) is 3.36. The SMILES string of the molecule is CCC(CC)NC(=O)c1cc(-c2cc(C)oc2C)nc2c1cnn2C(C)C. The van der Waals surface area contributed by atoms with Crippen LogP contribution in [0.3, 0.4) is 0 Å². The number of carbonyl (C=O) groups excluding carboxylic acids is 1. The molecule has 0 aliphatic carbocycles. The maximum Gasteiger partial charge on any atom is 0.252 e. The van der Waals surface area contributed by atoms with Crippen molar-refractivity contribution < 1.29 is 9.21 Å². The van der Waals surface area contributed by atoms with Gasteiger partial charge in [-0.1, -0.05) is 13.8 Å². The minimum Gasteiger partial charge on any atom is -0.466 e. The molecule has 0 aromatic carbocycles. The highest BCUT2D eigenvalue weighted by molar-refractivity contribution is 6.06. The first-order chi connectivity index (χ1) is 12.8. The van der Waals surface area contributed by atoms with Gasteiger partial charge in [-0.25, -0.2) is 9.67 Å². The van der Waals surface area contributed by atoms with Crippen LogP contribution in [0.25, 0.3) is 22.3 Å². The number of aromatic nitrogens is 3. The van der Waals surface area contributed by atoms with E-state index >= 15 is 0 Å². The van der Waals surface area contributed by atoms with Crippen molar-refractivity contribution in [3.05, 3.63) is 35.4 Å². The summed E-state index contributed by atoms with van der Waals surface area (Å²) < 4.78 is 7.53. The first-order valence-electron chi connectivity index (χ1n) is 9.62. The van der Waals surface area contributed by atoms with Crippen molar-refractivity contribution in [2.24, 2.45) is 0 Å². The predicted molar refractivity (Wildman–Crippen MR) is 107 cm³/mol.